The Morgan fingerprint density at radius 1 is 1.43 bits per heavy atom. The summed E-state index contributed by atoms with van der Waals surface area (Å²) in [5.41, 5.74) is 3.37. The SMILES string of the molecule is Cn1ncc2c1CCC[C@H]2NC(=O)Cc1ccc(Cl)cc1. The topological polar surface area (TPSA) is 46.9 Å². The lowest BCUT2D eigenvalue weighted by atomic mass is 9.93. The minimum Gasteiger partial charge on any atom is -0.349 e. The van der Waals surface area contributed by atoms with E-state index in [1.807, 2.05) is 42.2 Å². The van der Waals surface area contributed by atoms with E-state index in [-0.39, 0.29) is 11.9 Å². The number of amides is 1. The van der Waals surface area contributed by atoms with Crippen molar-refractivity contribution < 1.29 is 4.79 Å². The number of halogens is 1. The van der Waals surface area contributed by atoms with Crippen LogP contribution in [-0.4, -0.2) is 15.7 Å². The zero-order valence-electron chi connectivity index (χ0n) is 12.0. The van der Waals surface area contributed by atoms with Crippen molar-refractivity contribution in [1.82, 2.24) is 15.1 Å². The van der Waals surface area contributed by atoms with E-state index in [0.29, 0.717) is 11.4 Å². The fourth-order valence-electron chi connectivity index (χ4n) is 2.89. The van der Waals surface area contributed by atoms with Crippen molar-refractivity contribution in [3.8, 4) is 0 Å². The second-order valence-corrected chi connectivity index (χ2v) is 5.92. The van der Waals surface area contributed by atoms with Gasteiger partial charge < -0.3 is 5.32 Å². The van der Waals surface area contributed by atoms with Gasteiger partial charge in [-0.2, -0.15) is 5.10 Å². The number of hydrogen-bond acceptors (Lipinski definition) is 2. The molecule has 1 aliphatic rings. The third-order valence-electron chi connectivity index (χ3n) is 3.99. The smallest absolute Gasteiger partial charge is 0.224 e. The fourth-order valence-corrected chi connectivity index (χ4v) is 3.02. The molecule has 1 aliphatic carbocycles. The number of benzene rings is 1. The highest BCUT2D eigenvalue weighted by molar-refractivity contribution is 6.30. The van der Waals surface area contributed by atoms with Gasteiger partial charge in [0.15, 0.2) is 0 Å². The number of nitrogens with one attached hydrogen (secondary N) is 1. The molecule has 0 unspecified atom stereocenters. The van der Waals surface area contributed by atoms with Crippen LogP contribution in [0.4, 0.5) is 0 Å². The first-order valence-corrected chi connectivity index (χ1v) is 7.56. The van der Waals surface area contributed by atoms with Gasteiger partial charge in [0.05, 0.1) is 18.7 Å². The molecular formula is C16H18ClN3O. The molecule has 0 saturated carbocycles. The Bertz CT molecular complexity index is 648. The van der Waals surface area contributed by atoms with Gasteiger partial charge in [0.1, 0.15) is 0 Å². The number of fused-ring (bicyclic) bond motifs is 1. The van der Waals surface area contributed by atoms with E-state index in [4.69, 9.17) is 11.6 Å². The fraction of sp³-hybridized carbons (Fsp3) is 0.375. The molecule has 1 amide bonds. The summed E-state index contributed by atoms with van der Waals surface area (Å²) in [5.74, 6) is 0.0408. The molecule has 0 saturated heterocycles. The second kappa shape index (κ2) is 5.90. The first-order chi connectivity index (χ1) is 10.1. The summed E-state index contributed by atoms with van der Waals surface area (Å²) >= 11 is 5.85. The summed E-state index contributed by atoms with van der Waals surface area (Å²) in [6.07, 6.45) is 5.35. The minimum absolute atomic E-state index is 0.0408. The molecule has 5 heteroatoms. The van der Waals surface area contributed by atoms with E-state index in [9.17, 15) is 4.79 Å². The summed E-state index contributed by atoms with van der Waals surface area (Å²) in [5, 5.41) is 8.11. The van der Waals surface area contributed by atoms with Crippen molar-refractivity contribution in [2.75, 3.05) is 0 Å². The number of hydrogen-bond donors (Lipinski definition) is 1. The van der Waals surface area contributed by atoms with Gasteiger partial charge >= 0.3 is 0 Å². The largest absolute Gasteiger partial charge is 0.349 e. The first kappa shape index (κ1) is 14.1. The van der Waals surface area contributed by atoms with E-state index in [2.05, 4.69) is 10.4 Å². The predicted molar refractivity (Wildman–Crippen MR) is 82.2 cm³/mol. The maximum atomic E-state index is 12.2. The maximum Gasteiger partial charge on any atom is 0.224 e. The van der Waals surface area contributed by atoms with E-state index < -0.39 is 0 Å². The lowest BCUT2D eigenvalue weighted by molar-refractivity contribution is -0.121. The van der Waals surface area contributed by atoms with Crippen molar-refractivity contribution in [1.29, 1.82) is 0 Å². The monoisotopic (exact) mass is 303 g/mol. The van der Waals surface area contributed by atoms with Crippen LogP contribution in [0.3, 0.4) is 0 Å². The average molecular weight is 304 g/mol. The first-order valence-electron chi connectivity index (χ1n) is 7.18. The molecule has 1 atom stereocenters. The van der Waals surface area contributed by atoms with Gasteiger partial charge in [0, 0.05) is 23.3 Å². The van der Waals surface area contributed by atoms with Crippen molar-refractivity contribution in [3.05, 3.63) is 52.3 Å². The van der Waals surface area contributed by atoms with Crippen molar-refractivity contribution in [2.24, 2.45) is 7.05 Å². The van der Waals surface area contributed by atoms with E-state index in [1.165, 1.54) is 5.69 Å². The Morgan fingerprint density at radius 3 is 2.95 bits per heavy atom. The van der Waals surface area contributed by atoms with Gasteiger partial charge in [-0.05, 0) is 37.0 Å². The van der Waals surface area contributed by atoms with Gasteiger partial charge in [-0.25, -0.2) is 0 Å². The Kier molecular flexibility index (Phi) is 3.97. The van der Waals surface area contributed by atoms with Crippen LogP contribution < -0.4 is 5.32 Å². The number of aromatic nitrogens is 2. The van der Waals surface area contributed by atoms with Crippen molar-refractivity contribution >= 4 is 17.5 Å². The molecule has 1 aromatic carbocycles. The van der Waals surface area contributed by atoms with Crippen LogP contribution in [0.15, 0.2) is 30.5 Å². The second-order valence-electron chi connectivity index (χ2n) is 5.49. The van der Waals surface area contributed by atoms with E-state index in [1.54, 1.807) is 0 Å². The third kappa shape index (κ3) is 3.10. The van der Waals surface area contributed by atoms with Crippen LogP contribution in [0.5, 0.6) is 0 Å². The standard InChI is InChI=1S/C16H18ClN3O/c1-20-15-4-2-3-14(13(15)10-18-20)19-16(21)9-11-5-7-12(17)8-6-11/h5-8,10,14H,2-4,9H2,1H3,(H,19,21)/t14-/m1/s1. The molecule has 110 valence electrons. The number of nitrogens with zero attached hydrogens (tertiary/aromatic N) is 2. The molecule has 1 heterocycles. The zero-order chi connectivity index (χ0) is 14.8. The van der Waals surface area contributed by atoms with Gasteiger partial charge in [-0.3, -0.25) is 9.48 Å². The van der Waals surface area contributed by atoms with Crippen LogP contribution in [0, 0.1) is 0 Å². The van der Waals surface area contributed by atoms with Gasteiger partial charge in [-0.1, -0.05) is 23.7 Å². The third-order valence-corrected chi connectivity index (χ3v) is 4.24. The van der Waals surface area contributed by atoms with Crippen molar-refractivity contribution in [3.63, 3.8) is 0 Å². The van der Waals surface area contributed by atoms with Crippen LogP contribution in [0.1, 0.15) is 35.7 Å². The Morgan fingerprint density at radius 2 is 2.19 bits per heavy atom. The Hall–Kier alpha value is -1.81. The summed E-state index contributed by atoms with van der Waals surface area (Å²) in [7, 11) is 1.96. The molecule has 0 spiro atoms. The molecule has 0 radical (unpaired) electrons. The lowest BCUT2D eigenvalue weighted by Gasteiger charge is -2.23. The molecule has 2 aromatic rings. The summed E-state index contributed by atoms with van der Waals surface area (Å²) in [6, 6.07) is 7.48. The van der Waals surface area contributed by atoms with Gasteiger partial charge in [0.25, 0.3) is 0 Å². The summed E-state index contributed by atoms with van der Waals surface area (Å²) < 4.78 is 1.91. The van der Waals surface area contributed by atoms with Crippen LogP contribution in [0.2, 0.25) is 5.02 Å². The van der Waals surface area contributed by atoms with Crippen LogP contribution >= 0.6 is 11.6 Å². The molecule has 21 heavy (non-hydrogen) atoms. The average Bonchev–Trinajstić information content (AvgIpc) is 2.84. The Labute approximate surface area is 129 Å². The minimum atomic E-state index is 0.0408. The molecule has 1 aromatic heterocycles. The summed E-state index contributed by atoms with van der Waals surface area (Å²) in [6.45, 7) is 0. The van der Waals surface area contributed by atoms with Gasteiger partial charge in [0.2, 0.25) is 5.91 Å². The molecule has 1 N–H and O–H groups in total. The molecule has 4 nitrogen and oxygen atoms in total. The lowest BCUT2D eigenvalue weighted by Crippen LogP contribution is -2.32. The normalized spacial score (nSPS) is 17.3. The highest BCUT2D eigenvalue weighted by atomic mass is 35.5. The molecular weight excluding hydrogens is 286 g/mol. The number of carbonyl (C=O) groups excluding carboxylic acids is 1. The highest BCUT2D eigenvalue weighted by Gasteiger charge is 2.24. The number of rotatable bonds is 3. The van der Waals surface area contributed by atoms with Crippen LogP contribution in [0.25, 0.3) is 0 Å². The van der Waals surface area contributed by atoms with E-state index in [0.717, 1.165) is 30.4 Å². The van der Waals surface area contributed by atoms with Crippen LogP contribution in [-0.2, 0) is 24.7 Å². The number of aryl methyl sites for hydroxylation is 1. The highest BCUT2D eigenvalue weighted by Crippen LogP contribution is 2.29. The quantitative estimate of drug-likeness (QED) is 0.948. The molecule has 0 bridgehead atoms. The summed E-state index contributed by atoms with van der Waals surface area (Å²) in [4.78, 5) is 12.2. The van der Waals surface area contributed by atoms with E-state index >= 15 is 0 Å². The molecule has 3 rings (SSSR count). The van der Waals surface area contributed by atoms with Crippen molar-refractivity contribution in [2.45, 2.75) is 31.7 Å². The molecule has 0 fully saturated rings. The van der Waals surface area contributed by atoms with Gasteiger partial charge in [-0.15, -0.1) is 0 Å². The predicted octanol–water partition coefficient (Wildman–Crippen LogP) is 2.81. The maximum absolute atomic E-state index is 12.2. The molecule has 0 aliphatic heterocycles. The number of carbonyl (C=O) groups is 1. The Balaban J connectivity index is 1.67. The zero-order valence-corrected chi connectivity index (χ0v) is 12.7.